The Hall–Kier alpha value is -1.52. The summed E-state index contributed by atoms with van der Waals surface area (Å²) in [5, 5.41) is 8.72. The number of hydrogen-bond donors (Lipinski definition) is 0. The van der Waals surface area contributed by atoms with Gasteiger partial charge < -0.3 is 4.74 Å². The monoisotopic (exact) mass is 510 g/mol. The highest BCUT2D eigenvalue weighted by Gasteiger charge is 2.65. The molecule has 4 aliphatic carbocycles. The van der Waals surface area contributed by atoms with Gasteiger partial charge in [-0.3, -0.25) is 9.59 Å². The van der Waals surface area contributed by atoms with Crippen molar-refractivity contribution in [1.82, 2.24) is 0 Å². The molecule has 9 atom stereocenters. The number of methoxy groups -OCH3 is 1. The van der Waals surface area contributed by atoms with Gasteiger partial charge in [0.25, 0.3) is 0 Å². The second-order valence-corrected chi connectivity index (χ2v) is 15.0. The van der Waals surface area contributed by atoms with Crippen LogP contribution in [0.25, 0.3) is 0 Å². The van der Waals surface area contributed by atoms with Crippen LogP contribution in [0.5, 0.6) is 0 Å². The summed E-state index contributed by atoms with van der Waals surface area (Å²) in [5.74, 6) is 2.63. The Balaban J connectivity index is 1.35. The van der Waals surface area contributed by atoms with Crippen LogP contribution in [0, 0.1) is 50.7 Å². The van der Waals surface area contributed by atoms with Crippen LogP contribution >= 0.6 is 0 Å². The standard InChI is InChI=1S/C32H50N2O3/c1-20(9-12-25-30(5,19-33-34-25)27(36)37-8)21-13-17-32(7)23-10-11-24-28(2,3)26(35)15-16-29(24,4)22(23)14-18-31(21,32)6/h10,20-22,24-25H,9,11-19H2,1-8H3/t20-,21-,22-,24+,25+,29+,30+,31+,32+/m0/s1. The molecular weight excluding hydrogens is 460 g/mol. The number of fused-ring (bicyclic) bond motifs is 5. The largest absolute Gasteiger partial charge is 0.468 e. The Morgan fingerprint density at radius 3 is 2.54 bits per heavy atom. The Bertz CT molecular complexity index is 1030. The van der Waals surface area contributed by atoms with Crippen molar-refractivity contribution >= 4 is 11.8 Å². The molecule has 37 heavy (non-hydrogen) atoms. The molecule has 0 bridgehead atoms. The zero-order valence-electron chi connectivity index (χ0n) is 24.7. The first-order valence-electron chi connectivity index (χ1n) is 14.9. The van der Waals surface area contributed by atoms with Crippen molar-refractivity contribution in [2.24, 2.45) is 61.0 Å². The van der Waals surface area contributed by atoms with Gasteiger partial charge in [0.05, 0.1) is 19.7 Å². The lowest BCUT2D eigenvalue weighted by molar-refractivity contribution is -0.151. The number of azo groups is 1. The Labute approximate surface area is 224 Å². The van der Waals surface area contributed by atoms with Gasteiger partial charge in [-0.05, 0) is 98.2 Å². The van der Waals surface area contributed by atoms with Gasteiger partial charge in [-0.25, -0.2) is 0 Å². The van der Waals surface area contributed by atoms with E-state index in [1.54, 1.807) is 5.57 Å². The summed E-state index contributed by atoms with van der Waals surface area (Å²) in [5.41, 5.74) is 1.68. The number of rotatable bonds is 5. The van der Waals surface area contributed by atoms with E-state index in [1.807, 2.05) is 6.92 Å². The molecule has 0 unspecified atom stereocenters. The molecule has 3 fully saturated rings. The molecule has 0 radical (unpaired) electrons. The van der Waals surface area contributed by atoms with E-state index < -0.39 is 5.41 Å². The summed E-state index contributed by atoms with van der Waals surface area (Å²) in [7, 11) is 1.47. The molecule has 206 valence electrons. The first-order valence-corrected chi connectivity index (χ1v) is 14.9. The zero-order chi connectivity index (χ0) is 27.0. The van der Waals surface area contributed by atoms with Gasteiger partial charge in [-0.1, -0.05) is 53.2 Å². The van der Waals surface area contributed by atoms with E-state index in [9.17, 15) is 9.59 Å². The normalized spacial score (nSPS) is 47.0. The third-order valence-electron chi connectivity index (χ3n) is 13.2. The van der Waals surface area contributed by atoms with Crippen LogP contribution in [0.2, 0.25) is 0 Å². The average Bonchev–Trinajstić information content (AvgIpc) is 3.37. The van der Waals surface area contributed by atoms with Crippen LogP contribution in [0.1, 0.15) is 106 Å². The predicted molar refractivity (Wildman–Crippen MR) is 146 cm³/mol. The lowest BCUT2D eigenvalue weighted by atomic mass is 9.41. The van der Waals surface area contributed by atoms with E-state index in [4.69, 9.17) is 4.74 Å². The summed E-state index contributed by atoms with van der Waals surface area (Å²) >= 11 is 0. The van der Waals surface area contributed by atoms with Gasteiger partial charge in [-0.2, -0.15) is 10.2 Å². The van der Waals surface area contributed by atoms with Crippen LogP contribution in [-0.2, 0) is 14.3 Å². The van der Waals surface area contributed by atoms with E-state index in [-0.39, 0.29) is 28.3 Å². The van der Waals surface area contributed by atoms with E-state index in [1.165, 1.54) is 32.8 Å². The van der Waals surface area contributed by atoms with Crippen LogP contribution in [0.3, 0.4) is 0 Å². The maximum Gasteiger partial charge on any atom is 0.315 e. The second-order valence-electron chi connectivity index (χ2n) is 15.0. The fourth-order valence-corrected chi connectivity index (χ4v) is 10.4. The number of nitrogens with zero attached hydrogens (tertiary/aromatic N) is 2. The molecule has 1 heterocycles. The highest BCUT2D eigenvalue weighted by Crippen LogP contribution is 2.73. The van der Waals surface area contributed by atoms with Gasteiger partial charge in [-0.15, -0.1) is 0 Å². The summed E-state index contributed by atoms with van der Waals surface area (Å²) in [6.07, 6.45) is 12.5. The minimum absolute atomic E-state index is 0.0750. The highest BCUT2D eigenvalue weighted by molar-refractivity contribution is 5.85. The number of carbonyl (C=O) groups is 2. The van der Waals surface area contributed by atoms with E-state index in [2.05, 4.69) is 57.8 Å². The van der Waals surface area contributed by atoms with Gasteiger partial charge in [0.2, 0.25) is 0 Å². The van der Waals surface area contributed by atoms with Gasteiger partial charge in [0.1, 0.15) is 11.2 Å². The number of Topliss-reactive ketones (excluding diaryl/α,β-unsaturated/α-hetero) is 1. The molecular formula is C32H50N2O3. The van der Waals surface area contributed by atoms with Crippen molar-refractivity contribution in [3.05, 3.63) is 11.6 Å². The molecule has 0 aromatic heterocycles. The lowest BCUT2D eigenvalue weighted by Crippen LogP contribution is -2.57. The van der Waals surface area contributed by atoms with Crippen molar-refractivity contribution in [2.45, 2.75) is 112 Å². The molecule has 5 aliphatic rings. The average molecular weight is 511 g/mol. The number of ether oxygens (including phenoxy) is 1. The molecule has 3 saturated carbocycles. The lowest BCUT2D eigenvalue weighted by Gasteiger charge is -2.63. The van der Waals surface area contributed by atoms with E-state index >= 15 is 0 Å². The minimum Gasteiger partial charge on any atom is -0.468 e. The highest BCUT2D eigenvalue weighted by atomic mass is 16.5. The van der Waals surface area contributed by atoms with Gasteiger partial charge in [0.15, 0.2) is 0 Å². The van der Waals surface area contributed by atoms with Crippen LogP contribution in [-0.4, -0.2) is 31.4 Å². The first-order chi connectivity index (χ1) is 17.3. The molecule has 0 aromatic rings. The molecule has 1 aliphatic heterocycles. The molecule has 5 nitrogen and oxygen atoms in total. The van der Waals surface area contributed by atoms with E-state index in [0.717, 1.165) is 32.1 Å². The van der Waals surface area contributed by atoms with Crippen molar-refractivity contribution in [1.29, 1.82) is 0 Å². The summed E-state index contributed by atoms with van der Waals surface area (Å²) in [6.45, 7) is 17.0. The number of ketones is 1. The van der Waals surface area contributed by atoms with Crippen molar-refractivity contribution in [3.63, 3.8) is 0 Å². The van der Waals surface area contributed by atoms with Crippen molar-refractivity contribution in [3.8, 4) is 0 Å². The molecule has 0 amide bonds. The fraction of sp³-hybridized carbons (Fsp3) is 0.875. The van der Waals surface area contributed by atoms with Gasteiger partial charge >= 0.3 is 5.97 Å². The Morgan fingerprint density at radius 2 is 1.84 bits per heavy atom. The smallest absolute Gasteiger partial charge is 0.315 e. The molecule has 0 aromatic carbocycles. The fourth-order valence-electron chi connectivity index (χ4n) is 10.4. The Kier molecular flexibility index (Phi) is 6.40. The second kappa shape index (κ2) is 8.74. The third kappa shape index (κ3) is 3.60. The SMILES string of the molecule is COC(=O)[C@]1(C)CN=N[C@@H]1CC[C@H](C)[C@@H]1CC[C@]2(C)C3=CC[C@@H]4C(C)(C)C(=O)CC[C@]4(C)[C@H]3CC[C@]12C. The number of esters is 1. The minimum atomic E-state index is -0.616. The van der Waals surface area contributed by atoms with Crippen LogP contribution in [0.15, 0.2) is 21.9 Å². The molecule has 0 saturated heterocycles. The quantitative estimate of drug-likeness (QED) is 0.283. The van der Waals surface area contributed by atoms with Crippen molar-refractivity contribution in [2.75, 3.05) is 13.7 Å². The van der Waals surface area contributed by atoms with Crippen LogP contribution < -0.4 is 0 Å². The third-order valence-corrected chi connectivity index (χ3v) is 13.2. The van der Waals surface area contributed by atoms with E-state index in [0.29, 0.717) is 41.4 Å². The van der Waals surface area contributed by atoms with Crippen molar-refractivity contribution < 1.29 is 14.3 Å². The zero-order valence-corrected chi connectivity index (χ0v) is 24.7. The number of allylic oxidation sites excluding steroid dienone is 2. The molecule has 5 rings (SSSR count). The van der Waals surface area contributed by atoms with Gasteiger partial charge in [0, 0.05) is 11.8 Å². The number of carbonyl (C=O) groups excluding carboxylic acids is 2. The summed E-state index contributed by atoms with van der Waals surface area (Å²) in [6, 6.07) is -0.0750. The molecule has 0 N–H and O–H groups in total. The summed E-state index contributed by atoms with van der Waals surface area (Å²) in [4.78, 5) is 25.4. The predicted octanol–water partition coefficient (Wildman–Crippen LogP) is 7.59. The van der Waals surface area contributed by atoms with Crippen LogP contribution in [0.4, 0.5) is 0 Å². The Morgan fingerprint density at radius 1 is 1.11 bits per heavy atom. The topological polar surface area (TPSA) is 68.1 Å². The number of hydrogen-bond acceptors (Lipinski definition) is 5. The first kappa shape index (κ1) is 27.1. The summed E-state index contributed by atoms with van der Waals surface area (Å²) < 4.78 is 5.10. The molecule has 5 heteroatoms. The maximum absolute atomic E-state index is 12.9. The maximum atomic E-state index is 12.9. The molecule has 0 spiro atoms.